The maximum Gasteiger partial charge on any atom is 0.429 e. The fourth-order valence-corrected chi connectivity index (χ4v) is 1.77. The number of alkyl halides is 3. The fraction of sp³-hybridized carbons (Fsp3) is 0.667. The quantitative estimate of drug-likeness (QED) is 0.664. The summed E-state index contributed by atoms with van der Waals surface area (Å²) in [4.78, 5) is 7.49. The highest BCUT2D eigenvalue weighted by Crippen LogP contribution is 2.34. The first-order chi connectivity index (χ1) is 7.66. The minimum atomic E-state index is -4.38. The molecule has 1 heterocycles. The maximum absolute atomic E-state index is 12.6. The van der Waals surface area contributed by atoms with Crippen LogP contribution in [0.5, 0.6) is 0 Å². The molecule has 0 bridgehead atoms. The molecule has 5 heteroatoms. The van der Waals surface area contributed by atoms with Crippen LogP contribution < -0.4 is 0 Å². The second-order valence-corrected chi connectivity index (χ2v) is 5.05. The summed E-state index contributed by atoms with van der Waals surface area (Å²) in [6.45, 7) is 7.66. The highest BCUT2D eigenvalue weighted by molar-refractivity contribution is 5.97. The van der Waals surface area contributed by atoms with Crippen LogP contribution in [0.2, 0.25) is 0 Å². The number of allylic oxidation sites excluding steroid dienone is 2. The molecule has 17 heavy (non-hydrogen) atoms. The molecule has 0 aromatic rings. The van der Waals surface area contributed by atoms with E-state index in [1.165, 1.54) is 0 Å². The van der Waals surface area contributed by atoms with Gasteiger partial charge in [0.05, 0.1) is 0 Å². The van der Waals surface area contributed by atoms with E-state index in [9.17, 15) is 13.2 Å². The molecule has 0 aromatic carbocycles. The fourth-order valence-electron chi connectivity index (χ4n) is 1.77. The molecule has 1 aliphatic rings. The Hall–Kier alpha value is -1.13. The third-order valence-electron chi connectivity index (χ3n) is 2.58. The molecule has 1 aliphatic heterocycles. The monoisotopic (exact) mass is 246 g/mol. The molecular formula is C12H17F3N2. The topological polar surface area (TPSA) is 24.7 Å². The van der Waals surface area contributed by atoms with E-state index in [0.717, 1.165) is 6.34 Å². The van der Waals surface area contributed by atoms with Gasteiger partial charge < -0.3 is 0 Å². The Bertz CT molecular complexity index is 382. The van der Waals surface area contributed by atoms with Crippen molar-refractivity contribution in [1.29, 1.82) is 0 Å². The van der Waals surface area contributed by atoms with E-state index in [1.54, 1.807) is 0 Å². The van der Waals surface area contributed by atoms with E-state index in [-0.39, 0.29) is 11.8 Å². The Labute approximate surface area is 99.3 Å². The molecule has 0 saturated carbocycles. The van der Waals surface area contributed by atoms with E-state index in [0.29, 0.717) is 17.7 Å². The zero-order valence-electron chi connectivity index (χ0n) is 10.5. The van der Waals surface area contributed by atoms with Crippen LogP contribution in [0, 0.1) is 5.41 Å². The summed E-state index contributed by atoms with van der Waals surface area (Å²) in [5.74, 6) is 0. The summed E-state index contributed by atoms with van der Waals surface area (Å²) in [5.41, 5.74) is 0.390. The molecule has 0 radical (unpaired) electrons. The summed E-state index contributed by atoms with van der Waals surface area (Å²) in [6, 6.07) is 0. The van der Waals surface area contributed by atoms with Gasteiger partial charge in [-0.25, -0.2) is 9.98 Å². The minimum Gasteiger partial charge on any atom is -0.241 e. The van der Waals surface area contributed by atoms with Crippen molar-refractivity contribution in [3.63, 3.8) is 0 Å². The Morgan fingerprint density at radius 1 is 1.24 bits per heavy atom. The van der Waals surface area contributed by atoms with Crippen molar-refractivity contribution < 1.29 is 13.2 Å². The number of hydrogen-bond donors (Lipinski definition) is 0. The number of hydrogen-bond acceptors (Lipinski definition) is 2. The third kappa shape index (κ3) is 3.41. The second-order valence-electron chi connectivity index (χ2n) is 5.05. The molecule has 0 atom stereocenters. The lowest BCUT2D eigenvalue weighted by atomic mass is 9.86. The first-order valence-electron chi connectivity index (χ1n) is 5.55. The van der Waals surface area contributed by atoms with E-state index >= 15 is 0 Å². The van der Waals surface area contributed by atoms with Crippen molar-refractivity contribution in [3.05, 3.63) is 11.3 Å². The zero-order chi connectivity index (χ0) is 13.3. The van der Waals surface area contributed by atoms with Crippen LogP contribution in [0.15, 0.2) is 21.3 Å². The lowest BCUT2D eigenvalue weighted by molar-refractivity contribution is -0.0599. The van der Waals surface area contributed by atoms with Gasteiger partial charge in [-0.15, -0.1) is 0 Å². The van der Waals surface area contributed by atoms with Gasteiger partial charge >= 0.3 is 6.18 Å². The standard InChI is InChI=1S/C12H17F3N2/c1-5-8-6-9(12(13,14)15)16-7-17-10(8)11(2,3)4/h7H,5-6H2,1-4H3. The van der Waals surface area contributed by atoms with Crippen LogP contribution in [0.25, 0.3) is 0 Å². The molecule has 0 N–H and O–H groups in total. The molecule has 0 fully saturated rings. The van der Waals surface area contributed by atoms with Crippen LogP contribution in [0.4, 0.5) is 13.2 Å². The van der Waals surface area contributed by atoms with Gasteiger partial charge in [-0.1, -0.05) is 27.7 Å². The van der Waals surface area contributed by atoms with Gasteiger partial charge in [0.15, 0.2) is 0 Å². The number of rotatable bonds is 1. The predicted molar refractivity (Wildman–Crippen MR) is 63.4 cm³/mol. The molecule has 0 unspecified atom stereocenters. The van der Waals surface area contributed by atoms with Crippen LogP contribution >= 0.6 is 0 Å². The first-order valence-corrected chi connectivity index (χ1v) is 5.55. The highest BCUT2D eigenvalue weighted by Gasteiger charge is 2.37. The molecule has 0 aliphatic carbocycles. The zero-order valence-corrected chi connectivity index (χ0v) is 10.5. The Balaban J connectivity index is 3.16. The van der Waals surface area contributed by atoms with E-state index in [2.05, 4.69) is 9.98 Å². The average Bonchev–Trinajstić information content (AvgIpc) is 2.36. The largest absolute Gasteiger partial charge is 0.429 e. The van der Waals surface area contributed by atoms with Crippen molar-refractivity contribution >= 4 is 12.1 Å². The van der Waals surface area contributed by atoms with Crippen LogP contribution in [0.1, 0.15) is 40.5 Å². The van der Waals surface area contributed by atoms with E-state index < -0.39 is 11.9 Å². The molecule has 0 saturated heterocycles. The van der Waals surface area contributed by atoms with Gasteiger partial charge in [0.25, 0.3) is 0 Å². The van der Waals surface area contributed by atoms with E-state index in [1.807, 2.05) is 27.7 Å². The Morgan fingerprint density at radius 3 is 2.24 bits per heavy atom. The molecule has 0 aromatic heterocycles. The summed E-state index contributed by atoms with van der Waals surface area (Å²) >= 11 is 0. The summed E-state index contributed by atoms with van der Waals surface area (Å²) in [7, 11) is 0. The van der Waals surface area contributed by atoms with Gasteiger partial charge in [0.1, 0.15) is 12.1 Å². The average molecular weight is 246 g/mol. The molecule has 1 rings (SSSR count). The van der Waals surface area contributed by atoms with Crippen molar-refractivity contribution in [2.45, 2.75) is 46.7 Å². The molecule has 0 spiro atoms. The van der Waals surface area contributed by atoms with E-state index in [4.69, 9.17) is 0 Å². The Morgan fingerprint density at radius 2 is 1.82 bits per heavy atom. The van der Waals surface area contributed by atoms with Gasteiger partial charge in [0, 0.05) is 17.5 Å². The number of nitrogens with zero attached hydrogens (tertiary/aromatic N) is 2. The summed E-state index contributed by atoms with van der Waals surface area (Å²) < 4.78 is 37.9. The van der Waals surface area contributed by atoms with Crippen LogP contribution in [0.3, 0.4) is 0 Å². The maximum atomic E-state index is 12.6. The molecule has 0 amide bonds. The summed E-state index contributed by atoms with van der Waals surface area (Å²) in [5, 5.41) is 0. The Kier molecular flexibility index (Phi) is 3.79. The smallest absolute Gasteiger partial charge is 0.241 e. The van der Waals surface area contributed by atoms with Gasteiger partial charge in [-0.2, -0.15) is 13.2 Å². The van der Waals surface area contributed by atoms with Crippen molar-refractivity contribution in [2.75, 3.05) is 0 Å². The second kappa shape index (κ2) is 4.63. The van der Waals surface area contributed by atoms with Crippen LogP contribution in [-0.4, -0.2) is 18.2 Å². The SMILES string of the molecule is CCC1=C(C(C)(C)C)N=CN=C(C(F)(F)F)C1. The molecule has 2 nitrogen and oxygen atoms in total. The van der Waals surface area contributed by atoms with Gasteiger partial charge in [0.2, 0.25) is 0 Å². The van der Waals surface area contributed by atoms with Crippen LogP contribution in [-0.2, 0) is 0 Å². The lowest BCUT2D eigenvalue weighted by Gasteiger charge is -2.22. The minimum absolute atomic E-state index is 0.160. The number of aliphatic imine (C=N–C) groups is 2. The van der Waals surface area contributed by atoms with Crippen molar-refractivity contribution in [3.8, 4) is 0 Å². The normalized spacial score (nSPS) is 18.2. The van der Waals surface area contributed by atoms with Crippen molar-refractivity contribution in [1.82, 2.24) is 0 Å². The van der Waals surface area contributed by atoms with Gasteiger partial charge in [-0.3, -0.25) is 0 Å². The highest BCUT2D eigenvalue weighted by atomic mass is 19.4. The predicted octanol–water partition coefficient (Wildman–Crippen LogP) is 4.13. The molecule has 96 valence electrons. The first kappa shape index (κ1) is 13.9. The number of halogens is 3. The third-order valence-corrected chi connectivity index (χ3v) is 2.58. The van der Waals surface area contributed by atoms with Gasteiger partial charge in [-0.05, 0) is 12.0 Å². The lowest BCUT2D eigenvalue weighted by Crippen LogP contribution is -2.23. The summed E-state index contributed by atoms with van der Waals surface area (Å²) in [6.07, 6.45) is -2.96. The molecular weight excluding hydrogens is 229 g/mol. The van der Waals surface area contributed by atoms with Crippen molar-refractivity contribution in [2.24, 2.45) is 15.4 Å².